The quantitative estimate of drug-likeness (QED) is 0.671. The summed E-state index contributed by atoms with van der Waals surface area (Å²) >= 11 is 1.19. The average molecular weight is 328 g/mol. The van der Waals surface area contributed by atoms with Crippen molar-refractivity contribution in [2.45, 2.75) is 24.1 Å². The predicted molar refractivity (Wildman–Crippen MR) is 73.8 cm³/mol. The van der Waals surface area contributed by atoms with Gasteiger partial charge < -0.3 is 10.1 Å². The van der Waals surface area contributed by atoms with E-state index < -0.39 is 23.1 Å². The highest BCUT2D eigenvalue weighted by Gasteiger charge is 2.18. The van der Waals surface area contributed by atoms with E-state index in [2.05, 4.69) is 14.8 Å². The Morgan fingerprint density at radius 1 is 1.45 bits per heavy atom. The molecule has 116 valence electrons. The van der Waals surface area contributed by atoms with Crippen LogP contribution in [0.4, 0.5) is 8.78 Å². The Kier molecular flexibility index (Phi) is 6.96. The molecule has 0 aliphatic rings. The lowest BCUT2D eigenvalue weighted by atomic mass is 10.3. The van der Waals surface area contributed by atoms with Crippen LogP contribution in [0.25, 0.3) is 0 Å². The summed E-state index contributed by atoms with van der Waals surface area (Å²) in [5.74, 6) is 0. The summed E-state index contributed by atoms with van der Waals surface area (Å²) < 4.78 is 54.7. The lowest BCUT2D eigenvalue weighted by Crippen LogP contribution is -2.27. The molecule has 9 heteroatoms. The third-order valence-electron chi connectivity index (χ3n) is 2.38. The van der Waals surface area contributed by atoms with Crippen LogP contribution >= 0.6 is 11.3 Å². The fraction of sp³-hybridized carbons (Fsp3) is 0.636. The largest absolute Gasteiger partial charge is 0.374 e. The second-order valence-corrected chi connectivity index (χ2v) is 7.20. The van der Waals surface area contributed by atoms with Gasteiger partial charge in [0.25, 0.3) is 6.43 Å². The molecule has 0 bridgehead atoms. The molecule has 0 atom stereocenters. The van der Waals surface area contributed by atoms with E-state index in [1.165, 1.54) is 11.3 Å². The Morgan fingerprint density at radius 2 is 2.15 bits per heavy atom. The zero-order valence-corrected chi connectivity index (χ0v) is 12.9. The lowest BCUT2D eigenvalue weighted by molar-refractivity contribution is 0.0199. The Balaban J connectivity index is 2.54. The average Bonchev–Trinajstić information content (AvgIpc) is 2.71. The number of hydrogen-bond acceptors (Lipinski definition) is 5. The van der Waals surface area contributed by atoms with Gasteiger partial charge in [-0.1, -0.05) is 0 Å². The first-order valence-electron chi connectivity index (χ1n) is 5.96. The SMILES string of the molecule is CNCc1sc(S(=O)(=O)NCCOCC(F)F)cc1C. The highest BCUT2D eigenvalue weighted by Crippen LogP contribution is 2.25. The summed E-state index contributed by atoms with van der Waals surface area (Å²) in [7, 11) is -1.82. The van der Waals surface area contributed by atoms with Crippen molar-refractivity contribution in [1.29, 1.82) is 0 Å². The van der Waals surface area contributed by atoms with E-state index in [0.717, 1.165) is 10.4 Å². The van der Waals surface area contributed by atoms with Gasteiger partial charge >= 0.3 is 0 Å². The van der Waals surface area contributed by atoms with Gasteiger partial charge in [0.05, 0.1) is 6.61 Å². The third kappa shape index (κ3) is 5.41. The van der Waals surface area contributed by atoms with Crippen LogP contribution in [0.1, 0.15) is 10.4 Å². The molecule has 0 spiro atoms. The maximum atomic E-state index is 12.0. The molecule has 0 aliphatic heterocycles. The van der Waals surface area contributed by atoms with Crippen molar-refractivity contribution < 1.29 is 21.9 Å². The van der Waals surface area contributed by atoms with Gasteiger partial charge in [-0.15, -0.1) is 11.3 Å². The van der Waals surface area contributed by atoms with Gasteiger partial charge in [0.15, 0.2) is 0 Å². The number of thiophene rings is 1. The summed E-state index contributed by atoms with van der Waals surface area (Å²) in [6.45, 7) is 1.63. The van der Waals surface area contributed by atoms with Crippen LogP contribution < -0.4 is 10.0 Å². The van der Waals surface area contributed by atoms with Crippen LogP contribution in [0.15, 0.2) is 10.3 Å². The van der Waals surface area contributed by atoms with Gasteiger partial charge in [-0.05, 0) is 25.6 Å². The Hall–Kier alpha value is -0.610. The number of hydrogen-bond donors (Lipinski definition) is 2. The topological polar surface area (TPSA) is 67.4 Å². The van der Waals surface area contributed by atoms with E-state index in [0.29, 0.717) is 6.54 Å². The second-order valence-electron chi connectivity index (χ2n) is 4.07. The highest BCUT2D eigenvalue weighted by atomic mass is 32.2. The minimum Gasteiger partial charge on any atom is -0.374 e. The lowest BCUT2D eigenvalue weighted by Gasteiger charge is -2.05. The van der Waals surface area contributed by atoms with Crippen molar-refractivity contribution in [2.24, 2.45) is 0 Å². The molecule has 20 heavy (non-hydrogen) atoms. The number of alkyl halides is 2. The van der Waals surface area contributed by atoms with Crippen LogP contribution in [0, 0.1) is 6.92 Å². The smallest absolute Gasteiger partial charge is 0.261 e. The number of ether oxygens (including phenoxy) is 1. The summed E-state index contributed by atoms with van der Waals surface area (Å²) in [5.41, 5.74) is 0.902. The molecule has 1 rings (SSSR count). The molecule has 0 amide bonds. The third-order valence-corrected chi connectivity index (χ3v) is 5.55. The fourth-order valence-electron chi connectivity index (χ4n) is 1.45. The van der Waals surface area contributed by atoms with E-state index in [9.17, 15) is 17.2 Å². The van der Waals surface area contributed by atoms with Crippen molar-refractivity contribution in [3.8, 4) is 0 Å². The van der Waals surface area contributed by atoms with Crippen molar-refractivity contribution in [2.75, 3.05) is 26.8 Å². The first kappa shape index (κ1) is 17.4. The van der Waals surface area contributed by atoms with Crippen molar-refractivity contribution >= 4 is 21.4 Å². The molecule has 1 aromatic heterocycles. The molecular formula is C11H18F2N2O3S2. The molecule has 1 heterocycles. The standard InChI is InChI=1S/C11H18F2N2O3S2/c1-8-5-11(19-9(8)6-14-2)20(16,17)15-3-4-18-7-10(12)13/h5,10,14-15H,3-4,6-7H2,1-2H3. The number of rotatable bonds is 9. The summed E-state index contributed by atoms with van der Waals surface area (Å²) in [6, 6.07) is 1.60. The van der Waals surface area contributed by atoms with Gasteiger partial charge in [0, 0.05) is 18.0 Å². The van der Waals surface area contributed by atoms with Crippen molar-refractivity contribution in [3.63, 3.8) is 0 Å². The molecule has 5 nitrogen and oxygen atoms in total. The van der Waals surface area contributed by atoms with Gasteiger partial charge in [0.1, 0.15) is 10.8 Å². The zero-order chi connectivity index (χ0) is 15.2. The highest BCUT2D eigenvalue weighted by molar-refractivity contribution is 7.91. The molecule has 0 fully saturated rings. The summed E-state index contributed by atoms with van der Waals surface area (Å²) in [5, 5.41) is 2.96. The molecule has 0 aliphatic carbocycles. The zero-order valence-electron chi connectivity index (χ0n) is 11.3. The molecule has 0 aromatic carbocycles. The number of sulfonamides is 1. The molecule has 0 radical (unpaired) electrons. The van der Waals surface area contributed by atoms with Crippen LogP contribution in [-0.4, -0.2) is 41.6 Å². The monoisotopic (exact) mass is 328 g/mol. The predicted octanol–water partition coefficient (Wildman–Crippen LogP) is 1.34. The minimum atomic E-state index is -3.61. The minimum absolute atomic E-state index is 0.0344. The van der Waals surface area contributed by atoms with Crippen molar-refractivity contribution in [1.82, 2.24) is 10.0 Å². The van der Waals surface area contributed by atoms with Gasteiger partial charge in [-0.2, -0.15) is 0 Å². The van der Waals surface area contributed by atoms with Gasteiger partial charge in [0.2, 0.25) is 10.0 Å². The maximum absolute atomic E-state index is 12.0. The van der Waals surface area contributed by atoms with Crippen molar-refractivity contribution in [3.05, 3.63) is 16.5 Å². The Bertz CT molecular complexity index is 518. The van der Waals surface area contributed by atoms with Gasteiger partial charge in [-0.3, -0.25) is 0 Å². The molecule has 2 N–H and O–H groups in total. The Labute approximate surface area is 121 Å². The molecule has 0 saturated heterocycles. The fourth-order valence-corrected chi connectivity index (χ4v) is 4.11. The molecule has 0 unspecified atom stereocenters. The number of aryl methyl sites for hydroxylation is 1. The van der Waals surface area contributed by atoms with Crippen LogP contribution in [0.5, 0.6) is 0 Å². The normalized spacial score (nSPS) is 12.2. The van der Waals surface area contributed by atoms with Crippen LogP contribution in [0.3, 0.4) is 0 Å². The first-order valence-corrected chi connectivity index (χ1v) is 8.26. The molecular weight excluding hydrogens is 310 g/mol. The Morgan fingerprint density at radius 3 is 2.75 bits per heavy atom. The second kappa shape index (κ2) is 7.99. The first-order chi connectivity index (χ1) is 9.36. The van der Waals surface area contributed by atoms with Crippen LogP contribution in [0.2, 0.25) is 0 Å². The van der Waals surface area contributed by atoms with E-state index >= 15 is 0 Å². The summed E-state index contributed by atoms with van der Waals surface area (Å²) in [6.07, 6.45) is -2.55. The molecule has 1 aromatic rings. The van der Waals surface area contributed by atoms with E-state index in [1.807, 2.05) is 6.92 Å². The van der Waals surface area contributed by atoms with E-state index in [1.54, 1.807) is 13.1 Å². The van der Waals surface area contributed by atoms with Crippen LogP contribution in [-0.2, 0) is 21.3 Å². The van der Waals surface area contributed by atoms with Gasteiger partial charge in [-0.25, -0.2) is 21.9 Å². The maximum Gasteiger partial charge on any atom is 0.261 e. The molecule has 0 saturated carbocycles. The van der Waals surface area contributed by atoms with E-state index in [-0.39, 0.29) is 17.4 Å². The van der Waals surface area contributed by atoms with E-state index in [4.69, 9.17) is 0 Å². The number of nitrogens with one attached hydrogen (secondary N) is 2. The summed E-state index contributed by atoms with van der Waals surface area (Å²) in [4.78, 5) is 0.946. The number of halogens is 2.